The van der Waals surface area contributed by atoms with Crippen LogP contribution in [0.1, 0.15) is 11.1 Å². The molecule has 29 heavy (non-hydrogen) atoms. The molecular weight excluding hydrogens is 416 g/mol. The Morgan fingerprint density at radius 2 is 1.48 bits per heavy atom. The van der Waals surface area contributed by atoms with Gasteiger partial charge in [0.25, 0.3) is 0 Å². The van der Waals surface area contributed by atoms with E-state index in [2.05, 4.69) is 5.32 Å². The number of anilines is 2. The van der Waals surface area contributed by atoms with Gasteiger partial charge in [-0.25, -0.2) is 0 Å². The number of hydrogen-bond acceptors (Lipinski definition) is 2. The average molecular weight is 433 g/mol. The van der Waals surface area contributed by atoms with Crippen molar-refractivity contribution in [3.8, 4) is 0 Å². The molecule has 0 saturated carbocycles. The molecule has 0 aromatic heterocycles. The number of piperazine rings is 1. The summed E-state index contributed by atoms with van der Waals surface area (Å²) in [6.45, 7) is 1.53. The van der Waals surface area contributed by atoms with Crippen molar-refractivity contribution >= 4 is 28.7 Å². The van der Waals surface area contributed by atoms with E-state index in [4.69, 9.17) is 12.2 Å². The summed E-state index contributed by atoms with van der Waals surface area (Å²) in [7, 11) is 0. The second kappa shape index (κ2) is 8.10. The maximum atomic E-state index is 13.1. The highest BCUT2D eigenvalue weighted by atomic mass is 32.1. The summed E-state index contributed by atoms with van der Waals surface area (Å²) < 4.78 is 78.0. The summed E-state index contributed by atoms with van der Waals surface area (Å²) in [6.07, 6.45) is -8.93. The van der Waals surface area contributed by atoms with E-state index in [0.29, 0.717) is 31.9 Å². The van der Waals surface area contributed by atoms with Crippen molar-refractivity contribution in [1.82, 2.24) is 4.90 Å². The first-order valence-electron chi connectivity index (χ1n) is 8.70. The van der Waals surface area contributed by atoms with E-state index >= 15 is 0 Å². The van der Waals surface area contributed by atoms with Gasteiger partial charge in [0.2, 0.25) is 0 Å². The molecule has 0 atom stereocenters. The van der Waals surface area contributed by atoms with Crippen LogP contribution in [-0.2, 0) is 12.4 Å². The third-order valence-corrected chi connectivity index (χ3v) is 4.94. The van der Waals surface area contributed by atoms with Crippen molar-refractivity contribution in [3.05, 3.63) is 59.7 Å². The topological polar surface area (TPSA) is 18.5 Å². The number of alkyl halides is 6. The third kappa shape index (κ3) is 5.11. The fraction of sp³-hybridized carbons (Fsp3) is 0.316. The van der Waals surface area contributed by atoms with Gasteiger partial charge in [-0.2, -0.15) is 26.3 Å². The second-order valence-electron chi connectivity index (χ2n) is 6.50. The van der Waals surface area contributed by atoms with Gasteiger partial charge >= 0.3 is 12.4 Å². The van der Waals surface area contributed by atoms with Gasteiger partial charge < -0.3 is 15.1 Å². The molecule has 156 valence electrons. The van der Waals surface area contributed by atoms with Crippen LogP contribution in [-0.4, -0.2) is 36.2 Å². The van der Waals surface area contributed by atoms with E-state index in [1.54, 1.807) is 15.9 Å². The minimum atomic E-state index is -4.51. The summed E-state index contributed by atoms with van der Waals surface area (Å²) in [5.41, 5.74) is -1.23. The monoisotopic (exact) mass is 433 g/mol. The van der Waals surface area contributed by atoms with E-state index in [9.17, 15) is 26.3 Å². The standard InChI is InChI=1S/C19H17F6N3S/c20-18(21,22)13-4-3-5-14(12-13)27-8-10-28(11-9-27)17(29)26-16-7-2-1-6-15(16)19(23,24)25/h1-7,12H,8-11H2,(H,26,29). The zero-order chi connectivity index (χ0) is 21.2. The summed E-state index contributed by atoms with van der Waals surface area (Å²) in [4.78, 5) is 3.49. The molecule has 1 saturated heterocycles. The Bertz CT molecular complexity index is 873. The lowest BCUT2D eigenvalue weighted by molar-refractivity contribution is -0.138. The van der Waals surface area contributed by atoms with Gasteiger partial charge in [0, 0.05) is 31.9 Å². The number of hydrogen-bond donors (Lipinski definition) is 1. The number of thiocarbonyl (C=S) groups is 1. The third-order valence-electron chi connectivity index (χ3n) is 4.58. The van der Waals surface area contributed by atoms with Gasteiger partial charge in [0.15, 0.2) is 5.11 Å². The van der Waals surface area contributed by atoms with Crippen LogP contribution in [0.3, 0.4) is 0 Å². The van der Waals surface area contributed by atoms with E-state index in [1.165, 1.54) is 24.3 Å². The lowest BCUT2D eigenvalue weighted by atomic mass is 10.1. The second-order valence-corrected chi connectivity index (χ2v) is 6.88. The van der Waals surface area contributed by atoms with Crippen molar-refractivity contribution in [2.75, 3.05) is 36.4 Å². The number of nitrogens with one attached hydrogen (secondary N) is 1. The quantitative estimate of drug-likeness (QED) is 0.515. The average Bonchev–Trinajstić information content (AvgIpc) is 2.67. The van der Waals surface area contributed by atoms with Crippen molar-refractivity contribution < 1.29 is 26.3 Å². The van der Waals surface area contributed by atoms with Gasteiger partial charge in [0.05, 0.1) is 16.8 Å². The zero-order valence-corrected chi connectivity index (χ0v) is 15.8. The molecule has 1 N–H and O–H groups in total. The first kappa shape index (κ1) is 21.2. The molecular formula is C19H17F6N3S. The first-order chi connectivity index (χ1) is 13.6. The smallest absolute Gasteiger partial charge is 0.368 e. The molecule has 1 fully saturated rings. The van der Waals surface area contributed by atoms with Gasteiger partial charge in [-0.15, -0.1) is 0 Å². The predicted octanol–water partition coefficient (Wildman–Crippen LogP) is 5.24. The number of rotatable bonds is 2. The minimum absolute atomic E-state index is 0.134. The minimum Gasteiger partial charge on any atom is -0.368 e. The maximum absolute atomic E-state index is 13.1. The highest BCUT2D eigenvalue weighted by molar-refractivity contribution is 7.80. The molecule has 0 amide bonds. The maximum Gasteiger partial charge on any atom is 0.418 e. The first-order valence-corrected chi connectivity index (χ1v) is 9.11. The molecule has 0 radical (unpaired) electrons. The van der Waals surface area contributed by atoms with Crippen LogP contribution < -0.4 is 10.2 Å². The van der Waals surface area contributed by atoms with Crippen LogP contribution in [0.4, 0.5) is 37.7 Å². The Morgan fingerprint density at radius 3 is 2.10 bits per heavy atom. The van der Waals surface area contributed by atoms with Crippen LogP contribution >= 0.6 is 12.2 Å². The highest BCUT2D eigenvalue weighted by Crippen LogP contribution is 2.35. The molecule has 3 rings (SSSR count). The van der Waals surface area contributed by atoms with Crippen molar-refractivity contribution in [1.29, 1.82) is 0 Å². The van der Waals surface area contributed by atoms with Crippen molar-refractivity contribution in [2.45, 2.75) is 12.4 Å². The summed E-state index contributed by atoms with van der Waals surface area (Å²) in [6, 6.07) is 10.1. The lowest BCUT2D eigenvalue weighted by Crippen LogP contribution is -2.50. The van der Waals surface area contributed by atoms with Crippen LogP contribution in [0, 0.1) is 0 Å². The largest absolute Gasteiger partial charge is 0.418 e. The van der Waals surface area contributed by atoms with Crippen LogP contribution in [0.15, 0.2) is 48.5 Å². The van der Waals surface area contributed by atoms with Crippen LogP contribution in [0.2, 0.25) is 0 Å². The molecule has 0 bridgehead atoms. The normalized spacial score (nSPS) is 15.4. The van der Waals surface area contributed by atoms with E-state index < -0.39 is 23.5 Å². The Kier molecular flexibility index (Phi) is 5.92. The predicted molar refractivity (Wildman–Crippen MR) is 103 cm³/mol. The summed E-state index contributed by atoms with van der Waals surface area (Å²) >= 11 is 5.24. The summed E-state index contributed by atoms with van der Waals surface area (Å²) in [5.74, 6) is 0. The molecule has 0 unspecified atom stereocenters. The lowest BCUT2D eigenvalue weighted by Gasteiger charge is -2.37. The molecule has 1 heterocycles. The Hall–Kier alpha value is -2.49. The fourth-order valence-corrected chi connectivity index (χ4v) is 3.37. The Morgan fingerprint density at radius 1 is 0.828 bits per heavy atom. The van der Waals surface area contributed by atoms with Crippen molar-refractivity contribution in [2.24, 2.45) is 0 Å². The number of nitrogens with zero attached hydrogens (tertiary/aromatic N) is 2. The van der Waals surface area contributed by atoms with Crippen molar-refractivity contribution in [3.63, 3.8) is 0 Å². The molecule has 0 aliphatic carbocycles. The molecule has 1 aliphatic rings. The van der Waals surface area contributed by atoms with E-state index in [1.807, 2.05) is 0 Å². The number of benzene rings is 2. The molecule has 0 spiro atoms. The molecule has 3 nitrogen and oxygen atoms in total. The van der Waals surface area contributed by atoms with Gasteiger partial charge in [0.1, 0.15) is 0 Å². The Balaban J connectivity index is 1.64. The van der Waals surface area contributed by atoms with Crippen LogP contribution in [0.25, 0.3) is 0 Å². The Labute approximate surface area is 168 Å². The van der Waals surface area contributed by atoms with E-state index in [-0.39, 0.29) is 10.8 Å². The fourth-order valence-electron chi connectivity index (χ4n) is 3.08. The van der Waals surface area contributed by atoms with Gasteiger partial charge in [-0.05, 0) is 42.5 Å². The number of halogens is 6. The molecule has 2 aromatic rings. The SMILES string of the molecule is FC(F)(F)c1cccc(N2CCN(C(=S)Nc3ccccc3C(F)(F)F)CC2)c1. The molecule has 10 heteroatoms. The molecule has 2 aromatic carbocycles. The number of para-hydroxylation sites is 1. The van der Waals surface area contributed by atoms with Crippen LogP contribution in [0.5, 0.6) is 0 Å². The van der Waals surface area contributed by atoms with E-state index in [0.717, 1.165) is 18.2 Å². The zero-order valence-electron chi connectivity index (χ0n) is 15.0. The molecule has 1 aliphatic heterocycles. The van der Waals surface area contributed by atoms with Gasteiger partial charge in [-0.3, -0.25) is 0 Å². The highest BCUT2D eigenvalue weighted by Gasteiger charge is 2.34. The van der Waals surface area contributed by atoms with Gasteiger partial charge in [-0.1, -0.05) is 18.2 Å². The summed E-state index contributed by atoms with van der Waals surface area (Å²) in [5, 5.41) is 2.78.